The first-order chi connectivity index (χ1) is 12.6. The lowest BCUT2D eigenvalue weighted by Crippen LogP contribution is -2.22. The van der Waals surface area contributed by atoms with Crippen molar-refractivity contribution in [3.63, 3.8) is 0 Å². The molecule has 0 amide bonds. The van der Waals surface area contributed by atoms with Crippen LogP contribution in [0.15, 0.2) is 45.8 Å². The summed E-state index contributed by atoms with van der Waals surface area (Å²) in [6.45, 7) is 1.85. The lowest BCUT2D eigenvalue weighted by Gasteiger charge is -2.12. The van der Waals surface area contributed by atoms with Gasteiger partial charge < -0.3 is 14.6 Å². The number of benzene rings is 2. The molecule has 0 saturated heterocycles. The van der Waals surface area contributed by atoms with Crippen molar-refractivity contribution in [2.45, 2.75) is 11.8 Å². The first kappa shape index (κ1) is 21.2. The topological polar surface area (TPSA) is 93.1 Å². The van der Waals surface area contributed by atoms with Gasteiger partial charge in [0.15, 0.2) is 0 Å². The third kappa shape index (κ3) is 5.21. The molecular formula is C18H20BrNO6S. The van der Waals surface area contributed by atoms with E-state index in [-0.39, 0.29) is 29.4 Å². The number of phenolic OH excluding ortho intramolecular Hbond substituents is 1. The van der Waals surface area contributed by atoms with Gasteiger partial charge in [-0.15, -0.1) is 0 Å². The third-order valence-electron chi connectivity index (χ3n) is 3.62. The molecule has 0 spiro atoms. The number of hydrogen-bond acceptors (Lipinski definition) is 6. The predicted octanol–water partition coefficient (Wildman–Crippen LogP) is 2.95. The van der Waals surface area contributed by atoms with E-state index in [4.69, 9.17) is 9.47 Å². The maximum Gasteiger partial charge on any atom is 0.342 e. The second-order valence-electron chi connectivity index (χ2n) is 5.89. The van der Waals surface area contributed by atoms with Gasteiger partial charge in [0.05, 0.1) is 9.37 Å². The maximum atomic E-state index is 12.1. The molecule has 0 aliphatic heterocycles. The molecule has 0 aromatic heterocycles. The van der Waals surface area contributed by atoms with E-state index in [1.807, 2.05) is 0 Å². The zero-order valence-corrected chi connectivity index (χ0v) is 17.5. The van der Waals surface area contributed by atoms with Crippen molar-refractivity contribution in [2.24, 2.45) is 0 Å². The van der Waals surface area contributed by atoms with Gasteiger partial charge in [-0.1, -0.05) is 0 Å². The first-order valence-corrected chi connectivity index (χ1v) is 10.2. The Morgan fingerprint density at radius 3 is 2.37 bits per heavy atom. The summed E-state index contributed by atoms with van der Waals surface area (Å²) in [5.41, 5.74) is 0.871. The zero-order valence-electron chi connectivity index (χ0n) is 15.1. The number of aromatic hydroxyl groups is 1. The fourth-order valence-electron chi connectivity index (χ4n) is 2.18. The van der Waals surface area contributed by atoms with Crippen LogP contribution >= 0.6 is 15.9 Å². The van der Waals surface area contributed by atoms with Crippen LogP contribution in [0.5, 0.6) is 11.5 Å². The lowest BCUT2D eigenvalue weighted by molar-refractivity contribution is 0.0447. The zero-order chi connectivity index (χ0) is 20.2. The molecule has 0 fully saturated rings. The molecule has 1 N–H and O–H groups in total. The molecule has 7 nitrogen and oxygen atoms in total. The maximum absolute atomic E-state index is 12.1. The van der Waals surface area contributed by atoms with Gasteiger partial charge in [-0.3, -0.25) is 0 Å². The van der Waals surface area contributed by atoms with Crippen LogP contribution < -0.4 is 4.74 Å². The van der Waals surface area contributed by atoms with E-state index in [9.17, 15) is 18.3 Å². The minimum Gasteiger partial charge on any atom is -0.506 e. The van der Waals surface area contributed by atoms with E-state index in [1.54, 1.807) is 13.0 Å². The van der Waals surface area contributed by atoms with E-state index >= 15 is 0 Å². The number of hydrogen-bond donors (Lipinski definition) is 1. The summed E-state index contributed by atoms with van der Waals surface area (Å²) in [4.78, 5) is 12.2. The molecule has 0 bridgehead atoms. The van der Waals surface area contributed by atoms with Crippen molar-refractivity contribution in [3.8, 4) is 11.5 Å². The number of carbonyl (C=O) groups excluding carboxylic acids is 1. The van der Waals surface area contributed by atoms with E-state index in [1.165, 1.54) is 44.4 Å². The molecule has 2 aromatic rings. The number of esters is 1. The number of phenols is 1. The molecule has 27 heavy (non-hydrogen) atoms. The molecular weight excluding hydrogens is 438 g/mol. The number of ether oxygens (including phenoxy) is 2. The van der Waals surface area contributed by atoms with Gasteiger partial charge in [-0.05, 0) is 64.8 Å². The molecule has 0 unspecified atom stereocenters. The van der Waals surface area contributed by atoms with Gasteiger partial charge in [-0.2, -0.15) is 0 Å². The highest BCUT2D eigenvalue weighted by Gasteiger charge is 2.17. The Labute approximate surface area is 166 Å². The number of carbonyl (C=O) groups is 1. The smallest absolute Gasteiger partial charge is 0.342 e. The van der Waals surface area contributed by atoms with Crippen molar-refractivity contribution in [1.29, 1.82) is 0 Å². The quantitative estimate of drug-likeness (QED) is 0.507. The highest BCUT2D eigenvalue weighted by Crippen LogP contribution is 2.29. The lowest BCUT2D eigenvalue weighted by atomic mass is 10.1. The fourth-order valence-corrected chi connectivity index (χ4v) is 3.66. The largest absolute Gasteiger partial charge is 0.506 e. The van der Waals surface area contributed by atoms with Crippen LogP contribution in [-0.2, 0) is 14.8 Å². The standard InChI is InChI=1S/C18H20BrNO6S/c1-12-10-15(17(21)16(19)11-12)18(22)26-9-8-25-13-4-6-14(7-5-13)27(23,24)20(2)3/h4-7,10-11,21H,8-9H2,1-3H3. The summed E-state index contributed by atoms with van der Waals surface area (Å²) in [7, 11) is -0.577. The SMILES string of the molecule is Cc1cc(Br)c(O)c(C(=O)OCCOc2ccc(S(=O)(=O)N(C)C)cc2)c1. The Balaban J connectivity index is 1.90. The van der Waals surface area contributed by atoms with Gasteiger partial charge >= 0.3 is 5.97 Å². The van der Waals surface area contributed by atoms with E-state index in [2.05, 4.69) is 15.9 Å². The molecule has 0 heterocycles. The highest BCUT2D eigenvalue weighted by atomic mass is 79.9. The molecule has 0 aliphatic carbocycles. The Kier molecular flexibility index (Phi) is 6.85. The summed E-state index contributed by atoms with van der Waals surface area (Å²) >= 11 is 3.18. The van der Waals surface area contributed by atoms with E-state index in [0.29, 0.717) is 10.2 Å². The van der Waals surface area contributed by atoms with Gasteiger partial charge in [0.1, 0.15) is 30.3 Å². The third-order valence-corrected chi connectivity index (χ3v) is 6.05. The molecule has 146 valence electrons. The minimum atomic E-state index is -3.49. The van der Waals surface area contributed by atoms with Gasteiger partial charge in [0, 0.05) is 14.1 Å². The Bertz CT molecular complexity index is 926. The molecule has 0 radical (unpaired) electrons. The number of aryl methyl sites for hydroxylation is 1. The van der Waals surface area contributed by atoms with Crippen LogP contribution in [0, 0.1) is 6.92 Å². The summed E-state index contributed by atoms with van der Waals surface area (Å²) in [5.74, 6) is -0.387. The van der Waals surface area contributed by atoms with Gasteiger partial charge in [0.2, 0.25) is 10.0 Å². The summed E-state index contributed by atoms with van der Waals surface area (Å²) in [6.07, 6.45) is 0. The van der Waals surface area contributed by atoms with Crippen LogP contribution in [-0.4, -0.2) is 51.1 Å². The van der Waals surface area contributed by atoms with E-state index < -0.39 is 16.0 Å². The van der Waals surface area contributed by atoms with Crippen LogP contribution in [0.4, 0.5) is 0 Å². The number of nitrogens with zero attached hydrogens (tertiary/aromatic N) is 1. The van der Waals surface area contributed by atoms with Crippen molar-refractivity contribution in [1.82, 2.24) is 4.31 Å². The number of rotatable bonds is 7. The molecule has 0 atom stereocenters. The van der Waals surface area contributed by atoms with Crippen LogP contribution in [0.2, 0.25) is 0 Å². The summed E-state index contributed by atoms with van der Waals surface area (Å²) in [5, 5.41) is 9.93. The van der Waals surface area contributed by atoms with Gasteiger partial charge in [-0.25, -0.2) is 17.5 Å². The minimum absolute atomic E-state index is 0.0262. The van der Waals surface area contributed by atoms with Crippen molar-refractivity contribution in [3.05, 3.63) is 52.0 Å². The average Bonchev–Trinajstić information content (AvgIpc) is 2.61. The Morgan fingerprint density at radius 2 is 1.78 bits per heavy atom. The molecule has 0 aliphatic rings. The second-order valence-corrected chi connectivity index (χ2v) is 8.89. The molecule has 0 saturated carbocycles. The second kappa shape index (κ2) is 8.73. The van der Waals surface area contributed by atoms with Gasteiger partial charge in [0.25, 0.3) is 0 Å². The van der Waals surface area contributed by atoms with Crippen LogP contribution in [0.3, 0.4) is 0 Å². The van der Waals surface area contributed by atoms with E-state index in [0.717, 1.165) is 9.87 Å². The molecule has 2 aromatic carbocycles. The van der Waals surface area contributed by atoms with Crippen molar-refractivity contribution >= 4 is 31.9 Å². The monoisotopic (exact) mass is 457 g/mol. The highest BCUT2D eigenvalue weighted by molar-refractivity contribution is 9.10. The fraction of sp³-hybridized carbons (Fsp3) is 0.278. The van der Waals surface area contributed by atoms with Crippen LogP contribution in [0.25, 0.3) is 0 Å². The number of halogens is 1. The normalized spacial score (nSPS) is 11.4. The molecule has 9 heteroatoms. The predicted molar refractivity (Wildman–Crippen MR) is 104 cm³/mol. The average molecular weight is 458 g/mol. The molecule has 2 rings (SSSR count). The summed E-state index contributed by atoms with van der Waals surface area (Å²) < 4.78 is 36.1. The van der Waals surface area contributed by atoms with Crippen LogP contribution in [0.1, 0.15) is 15.9 Å². The van der Waals surface area contributed by atoms with Crippen molar-refractivity contribution in [2.75, 3.05) is 27.3 Å². The summed E-state index contributed by atoms with van der Waals surface area (Å²) in [6, 6.07) is 9.17. The van der Waals surface area contributed by atoms with Crippen molar-refractivity contribution < 1.29 is 27.8 Å². The Hall–Kier alpha value is -2.10. The first-order valence-electron chi connectivity index (χ1n) is 7.94. The Morgan fingerprint density at radius 1 is 1.15 bits per heavy atom. The number of sulfonamides is 1.